The third-order valence-electron chi connectivity index (χ3n) is 12.5. The topological polar surface area (TPSA) is 78.9 Å². The third-order valence-corrected chi connectivity index (χ3v) is 12.5. The SMILES string of the molecule is CC/C=C\C/C=C\C/C=C\C/C=C\C/C=C\CCCCCCCCCC(=O)OCC(COC(=O)CCCCCCCCC)OC(=O)CCCCCCCCCCCCCCCCCCCCC. The lowest BCUT2D eigenvalue weighted by Crippen LogP contribution is -2.30. The molecule has 0 heterocycles. The fourth-order valence-corrected chi connectivity index (χ4v) is 8.24. The Hall–Kier alpha value is -2.89. The van der Waals surface area contributed by atoms with Gasteiger partial charge in [0.05, 0.1) is 0 Å². The van der Waals surface area contributed by atoms with Gasteiger partial charge < -0.3 is 14.2 Å². The molecule has 6 nitrogen and oxygen atoms in total. The number of allylic oxidation sites excluding steroid dienone is 10. The van der Waals surface area contributed by atoms with Crippen molar-refractivity contribution in [2.24, 2.45) is 0 Å². The molecular weight excluding hydrogens is 829 g/mol. The van der Waals surface area contributed by atoms with Gasteiger partial charge in [-0.25, -0.2) is 0 Å². The monoisotopic (exact) mass is 937 g/mol. The van der Waals surface area contributed by atoms with Crippen molar-refractivity contribution in [1.82, 2.24) is 0 Å². The number of carbonyl (C=O) groups is 3. The highest BCUT2D eigenvalue weighted by atomic mass is 16.6. The highest BCUT2D eigenvalue weighted by Gasteiger charge is 2.19. The average molecular weight is 938 g/mol. The Morgan fingerprint density at radius 1 is 0.313 bits per heavy atom. The molecule has 388 valence electrons. The largest absolute Gasteiger partial charge is 0.462 e. The van der Waals surface area contributed by atoms with Gasteiger partial charge in [-0.2, -0.15) is 0 Å². The van der Waals surface area contributed by atoms with Crippen LogP contribution >= 0.6 is 0 Å². The van der Waals surface area contributed by atoms with Crippen LogP contribution in [-0.4, -0.2) is 37.2 Å². The van der Waals surface area contributed by atoms with Crippen molar-refractivity contribution in [1.29, 1.82) is 0 Å². The lowest BCUT2D eigenvalue weighted by Gasteiger charge is -2.18. The van der Waals surface area contributed by atoms with Crippen molar-refractivity contribution in [3.05, 3.63) is 60.8 Å². The van der Waals surface area contributed by atoms with Crippen molar-refractivity contribution in [3.63, 3.8) is 0 Å². The van der Waals surface area contributed by atoms with Crippen LogP contribution in [-0.2, 0) is 28.6 Å². The Labute approximate surface area is 415 Å². The highest BCUT2D eigenvalue weighted by molar-refractivity contribution is 5.71. The number of hydrogen-bond acceptors (Lipinski definition) is 6. The fraction of sp³-hybridized carbons (Fsp3) is 0.787. The van der Waals surface area contributed by atoms with E-state index in [-0.39, 0.29) is 31.1 Å². The molecular formula is C61H108O6. The molecule has 0 aromatic heterocycles. The maximum absolute atomic E-state index is 12.8. The molecule has 0 aromatic rings. The van der Waals surface area contributed by atoms with E-state index in [1.54, 1.807) is 0 Å². The van der Waals surface area contributed by atoms with Crippen LogP contribution in [0.3, 0.4) is 0 Å². The summed E-state index contributed by atoms with van der Waals surface area (Å²) in [5.41, 5.74) is 0. The van der Waals surface area contributed by atoms with Gasteiger partial charge in [-0.05, 0) is 64.2 Å². The number of hydrogen-bond donors (Lipinski definition) is 0. The zero-order valence-electron chi connectivity index (χ0n) is 44.4. The first-order valence-corrected chi connectivity index (χ1v) is 28.8. The van der Waals surface area contributed by atoms with Crippen LogP contribution in [0.25, 0.3) is 0 Å². The number of ether oxygens (including phenoxy) is 3. The molecule has 67 heavy (non-hydrogen) atoms. The van der Waals surface area contributed by atoms with Gasteiger partial charge in [0.1, 0.15) is 13.2 Å². The summed E-state index contributed by atoms with van der Waals surface area (Å²) in [7, 11) is 0. The zero-order chi connectivity index (χ0) is 48.6. The van der Waals surface area contributed by atoms with Crippen LogP contribution in [0.15, 0.2) is 60.8 Å². The molecule has 0 spiro atoms. The van der Waals surface area contributed by atoms with Gasteiger partial charge in [-0.15, -0.1) is 0 Å². The van der Waals surface area contributed by atoms with Crippen LogP contribution < -0.4 is 0 Å². The van der Waals surface area contributed by atoms with Gasteiger partial charge in [0.25, 0.3) is 0 Å². The molecule has 0 aliphatic carbocycles. The van der Waals surface area contributed by atoms with E-state index < -0.39 is 6.10 Å². The summed E-state index contributed by atoms with van der Waals surface area (Å²) in [6.07, 6.45) is 69.5. The normalized spacial score (nSPS) is 12.5. The van der Waals surface area contributed by atoms with E-state index in [1.807, 2.05) is 0 Å². The van der Waals surface area contributed by atoms with Gasteiger partial charge in [0.15, 0.2) is 6.10 Å². The molecule has 0 fully saturated rings. The first-order valence-electron chi connectivity index (χ1n) is 28.8. The summed E-state index contributed by atoms with van der Waals surface area (Å²) >= 11 is 0. The molecule has 0 radical (unpaired) electrons. The standard InChI is InChI=1S/C61H108O6/c1-4-7-10-13-16-18-20-22-24-26-28-29-30-31-33-34-36-38-40-42-45-48-51-54-60(63)66-57-58(56-65-59(62)53-50-47-44-15-12-9-6-3)67-61(64)55-52-49-46-43-41-39-37-35-32-27-25-23-21-19-17-14-11-8-5-2/h7,10,16,18,22,24,28-29,31,33,58H,4-6,8-9,11-15,17,19-21,23,25-27,30,32,34-57H2,1-3H3/b10-7-,18-16-,24-22-,29-28-,33-31-. The minimum atomic E-state index is -0.774. The molecule has 0 aromatic carbocycles. The zero-order valence-corrected chi connectivity index (χ0v) is 44.4. The van der Waals surface area contributed by atoms with Crippen LogP contribution in [0.2, 0.25) is 0 Å². The minimum absolute atomic E-state index is 0.0748. The van der Waals surface area contributed by atoms with Crippen molar-refractivity contribution in [2.45, 2.75) is 297 Å². The maximum atomic E-state index is 12.8. The Morgan fingerprint density at radius 2 is 0.582 bits per heavy atom. The number of rotatable bonds is 52. The molecule has 0 bridgehead atoms. The molecule has 0 rings (SSSR count). The van der Waals surface area contributed by atoms with E-state index in [1.165, 1.54) is 154 Å². The van der Waals surface area contributed by atoms with E-state index in [0.717, 1.165) is 96.3 Å². The molecule has 0 saturated carbocycles. The molecule has 0 N–H and O–H groups in total. The smallest absolute Gasteiger partial charge is 0.306 e. The second-order valence-electron chi connectivity index (χ2n) is 19.2. The Bertz CT molecular complexity index is 1210. The van der Waals surface area contributed by atoms with Crippen LogP contribution in [0.4, 0.5) is 0 Å². The van der Waals surface area contributed by atoms with Crippen LogP contribution in [0.5, 0.6) is 0 Å². The van der Waals surface area contributed by atoms with Gasteiger partial charge in [0.2, 0.25) is 0 Å². The number of carbonyl (C=O) groups excluding carboxylic acids is 3. The Balaban J connectivity index is 4.20. The fourth-order valence-electron chi connectivity index (χ4n) is 8.24. The Morgan fingerprint density at radius 3 is 0.910 bits per heavy atom. The molecule has 0 amide bonds. The predicted octanol–water partition coefficient (Wildman–Crippen LogP) is 19.2. The van der Waals surface area contributed by atoms with E-state index in [9.17, 15) is 14.4 Å². The van der Waals surface area contributed by atoms with Gasteiger partial charge in [-0.1, -0.05) is 268 Å². The summed E-state index contributed by atoms with van der Waals surface area (Å²) in [5.74, 6) is -0.880. The molecule has 0 saturated heterocycles. The Kier molecular flexibility index (Phi) is 53.3. The second kappa shape index (κ2) is 55.7. The summed E-state index contributed by atoms with van der Waals surface area (Å²) in [6, 6.07) is 0. The highest BCUT2D eigenvalue weighted by Crippen LogP contribution is 2.16. The second-order valence-corrected chi connectivity index (χ2v) is 19.2. The summed E-state index contributed by atoms with van der Waals surface area (Å²) in [6.45, 7) is 6.51. The third kappa shape index (κ3) is 53.9. The van der Waals surface area contributed by atoms with E-state index in [4.69, 9.17) is 14.2 Å². The maximum Gasteiger partial charge on any atom is 0.306 e. The predicted molar refractivity (Wildman–Crippen MR) is 288 cm³/mol. The van der Waals surface area contributed by atoms with Crippen molar-refractivity contribution < 1.29 is 28.6 Å². The summed E-state index contributed by atoms with van der Waals surface area (Å²) in [4.78, 5) is 38.0. The van der Waals surface area contributed by atoms with Crippen molar-refractivity contribution >= 4 is 17.9 Å². The molecule has 0 aliphatic heterocycles. The van der Waals surface area contributed by atoms with Crippen LogP contribution in [0, 0.1) is 0 Å². The summed E-state index contributed by atoms with van der Waals surface area (Å²) < 4.78 is 16.8. The van der Waals surface area contributed by atoms with Gasteiger partial charge in [0, 0.05) is 19.3 Å². The first-order chi connectivity index (χ1) is 33.0. The lowest BCUT2D eigenvalue weighted by molar-refractivity contribution is -0.167. The number of unbranched alkanes of at least 4 members (excludes halogenated alkanes) is 31. The van der Waals surface area contributed by atoms with E-state index >= 15 is 0 Å². The quantitative estimate of drug-likeness (QED) is 0.0262. The van der Waals surface area contributed by atoms with E-state index in [0.29, 0.717) is 19.3 Å². The minimum Gasteiger partial charge on any atom is -0.462 e. The molecule has 1 atom stereocenters. The number of esters is 3. The van der Waals surface area contributed by atoms with E-state index in [2.05, 4.69) is 81.5 Å². The van der Waals surface area contributed by atoms with Gasteiger partial charge >= 0.3 is 17.9 Å². The molecule has 1 unspecified atom stereocenters. The van der Waals surface area contributed by atoms with Crippen molar-refractivity contribution in [2.75, 3.05) is 13.2 Å². The lowest BCUT2D eigenvalue weighted by atomic mass is 10.0. The average Bonchev–Trinajstić information content (AvgIpc) is 3.33. The first kappa shape index (κ1) is 64.1. The molecule has 6 heteroatoms. The van der Waals surface area contributed by atoms with Gasteiger partial charge in [-0.3, -0.25) is 14.4 Å². The van der Waals surface area contributed by atoms with Crippen molar-refractivity contribution in [3.8, 4) is 0 Å². The van der Waals surface area contributed by atoms with Crippen LogP contribution in [0.1, 0.15) is 290 Å². The summed E-state index contributed by atoms with van der Waals surface area (Å²) in [5, 5.41) is 0. The molecule has 0 aliphatic rings.